The summed E-state index contributed by atoms with van der Waals surface area (Å²) in [5.41, 5.74) is 5.98. The van der Waals surface area contributed by atoms with Crippen LogP contribution in [-0.2, 0) is 9.53 Å². The van der Waals surface area contributed by atoms with Gasteiger partial charge in [-0.2, -0.15) is 0 Å². The first-order valence-corrected chi connectivity index (χ1v) is 12.7. The number of halogens is 1. The van der Waals surface area contributed by atoms with Crippen molar-refractivity contribution in [2.24, 2.45) is 5.73 Å². The van der Waals surface area contributed by atoms with Gasteiger partial charge in [-0.3, -0.25) is 19.3 Å². The lowest BCUT2D eigenvalue weighted by molar-refractivity contribution is -0.119. The zero-order chi connectivity index (χ0) is 28.4. The molecular weight excluding hydrogens is 519 g/mol. The molecule has 40 heavy (non-hydrogen) atoms. The van der Waals surface area contributed by atoms with Crippen LogP contribution in [0.25, 0.3) is 11.0 Å². The summed E-state index contributed by atoms with van der Waals surface area (Å²) in [4.78, 5) is 52.2. The van der Waals surface area contributed by atoms with Gasteiger partial charge in [-0.15, -0.1) is 0 Å². The normalized spacial score (nSPS) is 14.3. The van der Waals surface area contributed by atoms with Gasteiger partial charge in [-0.1, -0.05) is 25.5 Å². The molecule has 0 aliphatic carbocycles. The highest BCUT2D eigenvalue weighted by atomic mass is 19.1. The van der Waals surface area contributed by atoms with E-state index >= 15 is 0 Å². The van der Waals surface area contributed by atoms with E-state index in [-0.39, 0.29) is 28.9 Å². The minimum absolute atomic E-state index is 0.00462. The molecule has 2 amide bonds. The van der Waals surface area contributed by atoms with Crippen LogP contribution in [0, 0.1) is 5.82 Å². The van der Waals surface area contributed by atoms with E-state index in [0.717, 1.165) is 25.0 Å². The lowest BCUT2D eigenvalue weighted by Crippen LogP contribution is -2.29. The van der Waals surface area contributed by atoms with Gasteiger partial charge in [0, 0.05) is 5.69 Å². The standard InChI is InChI=1S/C30H25FN2O7/c1-2-3-14-38-30(37)18-4-9-20(10-5-18)33-26(17-6-11-21(12-7-17)39-16-24(32)34)25-27(35)22-15-19(31)8-13-23(22)40-28(25)29(33)36/h4-13,15,26H,2-3,14,16H2,1H3,(H2,32,34). The lowest BCUT2D eigenvalue weighted by atomic mass is 9.98. The van der Waals surface area contributed by atoms with E-state index < -0.39 is 35.1 Å². The van der Waals surface area contributed by atoms with Crippen molar-refractivity contribution in [2.45, 2.75) is 25.8 Å². The molecule has 4 aromatic rings. The number of nitrogens with two attached hydrogens (primary N) is 1. The molecule has 1 aliphatic rings. The number of carbonyl (C=O) groups excluding carboxylic acids is 3. The van der Waals surface area contributed by atoms with Crippen molar-refractivity contribution >= 4 is 34.4 Å². The molecule has 1 aromatic heterocycles. The van der Waals surface area contributed by atoms with Crippen LogP contribution in [0.2, 0.25) is 0 Å². The van der Waals surface area contributed by atoms with Gasteiger partial charge in [0.05, 0.1) is 29.2 Å². The smallest absolute Gasteiger partial charge is 0.338 e. The van der Waals surface area contributed by atoms with E-state index in [4.69, 9.17) is 19.6 Å². The van der Waals surface area contributed by atoms with Gasteiger partial charge in [0.1, 0.15) is 17.1 Å². The van der Waals surface area contributed by atoms with Gasteiger partial charge in [-0.25, -0.2) is 9.18 Å². The summed E-state index contributed by atoms with van der Waals surface area (Å²) in [7, 11) is 0. The Morgan fingerprint density at radius 1 is 1.02 bits per heavy atom. The van der Waals surface area contributed by atoms with Gasteiger partial charge < -0.3 is 19.6 Å². The molecule has 9 nitrogen and oxygen atoms in total. The predicted molar refractivity (Wildman–Crippen MR) is 144 cm³/mol. The van der Waals surface area contributed by atoms with Gasteiger partial charge >= 0.3 is 5.97 Å². The minimum Gasteiger partial charge on any atom is -0.484 e. The number of hydrogen-bond acceptors (Lipinski definition) is 7. The summed E-state index contributed by atoms with van der Waals surface area (Å²) >= 11 is 0. The average molecular weight is 545 g/mol. The van der Waals surface area contributed by atoms with Crippen molar-refractivity contribution in [3.05, 3.63) is 105 Å². The fourth-order valence-electron chi connectivity index (χ4n) is 4.58. The quantitative estimate of drug-likeness (QED) is 0.243. The molecule has 5 rings (SSSR count). The number of anilines is 1. The summed E-state index contributed by atoms with van der Waals surface area (Å²) in [5, 5.41) is 0.00462. The third kappa shape index (κ3) is 5.03. The molecule has 1 aliphatic heterocycles. The molecule has 0 radical (unpaired) electrons. The predicted octanol–water partition coefficient (Wildman–Crippen LogP) is 4.50. The van der Waals surface area contributed by atoms with Crippen molar-refractivity contribution in [1.82, 2.24) is 0 Å². The van der Waals surface area contributed by atoms with Crippen LogP contribution in [0.5, 0.6) is 5.75 Å². The molecular formula is C30H25FN2O7. The minimum atomic E-state index is -0.932. The Morgan fingerprint density at radius 3 is 2.42 bits per heavy atom. The fourth-order valence-corrected chi connectivity index (χ4v) is 4.58. The second kappa shape index (κ2) is 11.0. The number of nitrogens with zero attached hydrogens (tertiary/aromatic N) is 1. The molecule has 0 fully saturated rings. The van der Waals surface area contributed by atoms with Gasteiger partial charge in [-0.05, 0) is 66.6 Å². The average Bonchev–Trinajstić information content (AvgIpc) is 3.25. The summed E-state index contributed by atoms with van der Waals surface area (Å²) in [6, 6.07) is 15.3. The van der Waals surface area contributed by atoms with Crippen molar-refractivity contribution in [1.29, 1.82) is 0 Å². The molecule has 10 heteroatoms. The summed E-state index contributed by atoms with van der Waals surface area (Å²) in [6.07, 6.45) is 1.63. The van der Waals surface area contributed by atoms with E-state index in [9.17, 15) is 23.6 Å². The summed E-state index contributed by atoms with van der Waals surface area (Å²) in [6.45, 7) is 1.98. The lowest BCUT2D eigenvalue weighted by Gasteiger charge is -2.25. The van der Waals surface area contributed by atoms with Crippen LogP contribution in [0.15, 0.2) is 75.9 Å². The van der Waals surface area contributed by atoms with Crippen LogP contribution in [-0.4, -0.2) is 31.0 Å². The number of unbranched alkanes of at least 4 members (excludes halogenated alkanes) is 1. The largest absolute Gasteiger partial charge is 0.484 e. The number of carbonyl (C=O) groups is 3. The Kier molecular flexibility index (Phi) is 7.33. The number of amides is 2. The van der Waals surface area contributed by atoms with Crippen LogP contribution in [0.1, 0.15) is 57.8 Å². The molecule has 1 unspecified atom stereocenters. The highest BCUT2D eigenvalue weighted by molar-refractivity contribution is 6.10. The Labute approximate surface area is 227 Å². The first kappa shape index (κ1) is 26.6. The number of esters is 1. The maximum Gasteiger partial charge on any atom is 0.338 e. The third-order valence-electron chi connectivity index (χ3n) is 6.52. The second-order valence-corrected chi connectivity index (χ2v) is 9.25. The Bertz CT molecular complexity index is 1660. The highest BCUT2D eigenvalue weighted by Gasteiger charge is 2.43. The van der Waals surface area contributed by atoms with E-state index in [0.29, 0.717) is 29.2 Å². The molecule has 0 saturated carbocycles. The summed E-state index contributed by atoms with van der Waals surface area (Å²) < 4.78 is 30.5. The van der Waals surface area contributed by atoms with Crippen LogP contribution >= 0.6 is 0 Å². The molecule has 204 valence electrons. The van der Waals surface area contributed by atoms with E-state index in [1.807, 2.05) is 6.92 Å². The van der Waals surface area contributed by atoms with E-state index in [1.54, 1.807) is 48.5 Å². The van der Waals surface area contributed by atoms with Crippen molar-refractivity contribution < 1.29 is 32.7 Å². The van der Waals surface area contributed by atoms with Crippen LogP contribution in [0.4, 0.5) is 10.1 Å². The molecule has 2 N–H and O–H groups in total. The third-order valence-corrected chi connectivity index (χ3v) is 6.52. The number of ether oxygens (including phenoxy) is 2. The van der Waals surface area contributed by atoms with Crippen molar-refractivity contribution in [2.75, 3.05) is 18.1 Å². The maximum absolute atomic E-state index is 14.0. The Balaban J connectivity index is 1.58. The highest BCUT2D eigenvalue weighted by Crippen LogP contribution is 2.41. The topological polar surface area (TPSA) is 129 Å². The second-order valence-electron chi connectivity index (χ2n) is 9.25. The number of benzene rings is 3. The van der Waals surface area contributed by atoms with Crippen molar-refractivity contribution in [3.63, 3.8) is 0 Å². The Hall–Kier alpha value is -4.99. The molecule has 0 spiro atoms. The molecule has 3 aromatic carbocycles. The van der Waals surface area contributed by atoms with E-state index in [1.165, 1.54) is 11.0 Å². The molecule has 1 atom stereocenters. The van der Waals surface area contributed by atoms with Gasteiger partial charge in [0.25, 0.3) is 11.8 Å². The zero-order valence-electron chi connectivity index (χ0n) is 21.5. The van der Waals surface area contributed by atoms with Gasteiger partial charge in [0.15, 0.2) is 12.0 Å². The first-order chi connectivity index (χ1) is 19.3. The number of primary amides is 1. The van der Waals surface area contributed by atoms with Crippen LogP contribution < -0.4 is 20.8 Å². The molecule has 0 bridgehead atoms. The number of hydrogen-bond donors (Lipinski definition) is 1. The SMILES string of the molecule is CCCCOC(=O)c1ccc(N2C(=O)c3oc4ccc(F)cc4c(=O)c3C2c2ccc(OCC(N)=O)cc2)cc1. The first-order valence-electron chi connectivity index (χ1n) is 12.7. The Morgan fingerprint density at radius 2 is 1.75 bits per heavy atom. The summed E-state index contributed by atoms with van der Waals surface area (Å²) in [5.74, 6) is -2.11. The fraction of sp³-hybridized carbons (Fsp3) is 0.200. The van der Waals surface area contributed by atoms with Gasteiger partial charge in [0.2, 0.25) is 5.76 Å². The van der Waals surface area contributed by atoms with Crippen LogP contribution in [0.3, 0.4) is 0 Å². The number of rotatable bonds is 9. The molecule has 0 saturated heterocycles. The zero-order valence-corrected chi connectivity index (χ0v) is 21.5. The number of fused-ring (bicyclic) bond motifs is 2. The maximum atomic E-state index is 14.0. The van der Waals surface area contributed by atoms with E-state index in [2.05, 4.69) is 0 Å². The van der Waals surface area contributed by atoms with Crippen molar-refractivity contribution in [3.8, 4) is 5.75 Å². The molecule has 2 heterocycles. The monoisotopic (exact) mass is 544 g/mol.